The Morgan fingerprint density at radius 1 is 1.16 bits per heavy atom. The van der Waals surface area contributed by atoms with E-state index < -0.39 is 0 Å². The molecule has 0 bridgehead atoms. The first-order chi connectivity index (χ1) is 9.01. The van der Waals surface area contributed by atoms with E-state index in [-0.39, 0.29) is 5.82 Å². The summed E-state index contributed by atoms with van der Waals surface area (Å²) in [5.41, 5.74) is 9.05. The van der Waals surface area contributed by atoms with E-state index in [1.807, 2.05) is 19.9 Å². The Morgan fingerprint density at radius 3 is 2.53 bits per heavy atom. The van der Waals surface area contributed by atoms with Gasteiger partial charge in [-0.2, -0.15) is 0 Å². The van der Waals surface area contributed by atoms with Crippen LogP contribution in [-0.4, -0.2) is 9.97 Å². The van der Waals surface area contributed by atoms with Crippen LogP contribution in [0, 0.1) is 19.7 Å². The summed E-state index contributed by atoms with van der Waals surface area (Å²) >= 11 is 0. The summed E-state index contributed by atoms with van der Waals surface area (Å²) in [5, 5.41) is 0. The maximum absolute atomic E-state index is 13.5. The highest BCUT2D eigenvalue weighted by molar-refractivity contribution is 5.67. The van der Waals surface area contributed by atoms with Crippen molar-refractivity contribution >= 4 is 5.82 Å². The fraction of sp³-hybridized carbons (Fsp3) is 0.333. The molecule has 0 aliphatic rings. The lowest BCUT2D eigenvalue weighted by atomic mass is 10.0. The summed E-state index contributed by atoms with van der Waals surface area (Å²) in [6.07, 6.45) is 1.72. The number of nitrogens with two attached hydrogens (primary N) is 1. The number of aryl methyl sites for hydroxylation is 2. The Kier molecular flexibility index (Phi) is 3.79. The predicted octanol–water partition coefficient (Wildman–Crippen LogP) is 3.43. The first kappa shape index (κ1) is 13.5. The normalized spacial score (nSPS) is 10.7. The van der Waals surface area contributed by atoms with Crippen LogP contribution in [0.25, 0.3) is 11.3 Å². The second kappa shape index (κ2) is 5.34. The molecule has 0 unspecified atom stereocenters. The molecular weight excluding hydrogens is 241 g/mol. The number of nitrogen functional groups attached to an aromatic ring is 1. The van der Waals surface area contributed by atoms with Crippen LogP contribution in [-0.2, 0) is 6.42 Å². The van der Waals surface area contributed by atoms with Gasteiger partial charge in [-0.15, -0.1) is 0 Å². The Morgan fingerprint density at radius 2 is 1.89 bits per heavy atom. The monoisotopic (exact) mass is 259 g/mol. The molecule has 0 amide bonds. The van der Waals surface area contributed by atoms with E-state index in [0.29, 0.717) is 11.6 Å². The van der Waals surface area contributed by atoms with Gasteiger partial charge in [0.25, 0.3) is 0 Å². The van der Waals surface area contributed by atoms with Crippen LogP contribution in [0.15, 0.2) is 18.2 Å². The Labute approximate surface area is 112 Å². The first-order valence-corrected chi connectivity index (χ1v) is 6.41. The molecule has 100 valence electrons. The molecule has 0 saturated carbocycles. The standard InChI is InChI=1S/C15H18FN3/c1-4-5-13-18-14(10(3)15(17)19-13)11-6-9(2)7-12(16)8-11/h6-8H,4-5H2,1-3H3,(H2,17,18,19). The topological polar surface area (TPSA) is 51.8 Å². The highest BCUT2D eigenvalue weighted by atomic mass is 19.1. The third kappa shape index (κ3) is 2.89. The zero-order chi connectivity index (χ0) is 14.0. The van der Waals surface area contributed by atoms with Gasteiger partial charge in [-0.25, -0.2) is 14.4 Å². The summed E-state index contributed by atoms with van der Waals surface area (Å²) in [6, 6.07) is 4.89. The average molecular weight is 259 g/mol. The number of benzene rings is 1. The number of anilines is 1. The smallest absolute Gasteiger partial charge is 0.131 e. The molecule has 0 aliphatic carbocycles. The maximum Gasteiger partial charge on any atom is 0.131 e. The third-order valence-corrected chi connectivity index (χ3v) is 3.02. The van der Waals surface area contributed by atoms with Gasteiger partial charge in [0.1, 0.15) is 17.5 Å². The van der Waals surface area contributed by atoms with E-state index in [1.54, 1.807) is 0 Å². The van der Waals surface area contributed by atoms with Gasteiger partial charge in [0.15, 0.2) is 0 Å². The number of nitrogens with zero attached hydrogens (tertiary/aromatic N) is 2. The van der Waals surface area contributed by atoms with E-state index in [4.69, 9.17) is 5.73 Å². The van der Waals surface area contributed by atoms with E-state index in [0.717, 1.165) is 35.2 Å². The predicted molar refractivity (Wildman–Crippen MR) is 75.3 cm³/mol. The van der Waals surface area contributed by atoms with Crippen molar-refractivity contribution in [3.8, 4) is 11.3 Å². The fourth-order valence-corrected chi connectivity index (χ4v) is 2.07. The van der Waals surface area contributed by atoms with Gasteiger partial charge in [0.05, 0.1) is 5.69 Å². The lowest BCUT2D eigenvalue weighted by Gasteiger charge is -2.10. The highest BCUT2D eigenvalue weighted by Gasteiger charge is 2.11. The molecule has 1 heterocycles. The fourth-order valence-electron chi connectivity index (χ4n) is 2.07. The molecule has 0 saturated heterocycles. The van der Waals surface area contributed by atoms with Gasteiger partial charge in [-0.05, 0) is 44.0 Å². The molecule has 3 nitrogen and oxygen atoms in total. The molecule has 19 heavy (non-hydrogen) atoms. The van der Waals surface area contributed by atoms with Crippen molar-refractivity contribution in [3.05, 3.63) is 41.0 Å². The number of hydrogen-bond donors (Lipinski definition) is 1. The van der Waals surface area contributed by atoms with Crippen LogP contribution in [0.3, 0.4) is 0 Å². The van der Waals surface area contributed by atoms with Gasteiger partial charge in [-0.3, -0.25) is 0 Å². The Balaban J connectivity index is 2.59. The van der Waals surface area contributed by atoms with Crippen molar-refractivity contribution in [2.75, 3.05) is 5.73 Å². The Bertz CT molecular complexity index is 588. The summed E-state index contributed by atoms with van der Waals surface area (Å²) in [4.78, 5) is 8.78. The van der Waals surface area contributed by atoms with Gasteiger partial charge in [0, 0.05) is 17.5 Å². The van der Waals surface area contributed by atoms with Crippen molar-refractivity contribution in [2.45, 2.75) is 33.6 Å². The zero-order valence-corrected chi connectivity index (χ0v) is 11.5. The minimum Gasteiger partial charge on any atom is -0.383 e. The summed E-state index contributed by atoms with van der Waals surface area (Å²) in [6.45, 7) is 5.78. The van der Waals surface area contributed by atoms with Gasteiger partial charge >= 0.3 is 0 Å². The summed E-state index contributed by atoms with van der Waals surface area (Å²) < 4.78 is 13.5. The van der Waals surface area contributed by atoms with Gasteiger partial charge in [0.2, 0.25) is 0 Å². The van der Waals surface area contributed by atoms with Crippen molar-refractivity contribution in [1.29, 1.82) is 0 Å². The van der Waals surface area contributed by atoms with Gasteiger partial charge < -0.3 is 5.73 Å². The second-order valence-electron chi connectivity index (χ2n) is 4.77. The van der Waals surface area contributed by atoms with E-state index in [1.165, 1.54) is 12.1 Å². The summed E-state index contributed by atoms with van der Waals surface area (Å²) in [7, 11) is 0. The highest BCUT2D eigenvalue weighted by Crippen LogP contribution is 2.26. The van der Waals surface area contributed by atoms with E-state index >= 15 is 0 Å². The molecule has 4 heteroatoms. The van der Waals surface area contributed by atoms with Crippen LogP contribution in [0.2, 0.25) is 0 Å². The van der Waals surface area contributed by atoms with E-state index in [2.05, 4.69) is 16.9 Å². The average Bonchev–Trinajstić information content (AvgIpc) is 2.32. The number of halogens is 1. The van der Waals surface area contributed by atoms with Crippen LogP contribution in [0.1, 0.15) is 30.3 Å². The molecule has 1 aromatic carbocycles. The maximum atomic E-state index is 13.5. The largest absolute Gasteiger partial charge is 0.383 e. The van der Waals surface area contributed by atoms with Crippen LogP contribution < -0.4 is 5.73 Å². The molecule has 0 radical (unpaired) electrons. The molecule has 0 fully saturated rings. The summed E-state index contributed by atoms with van der Waals surface area (Å²) in [5.74, 6) is 0.918. The lowest BCUT2D eigenvalue weighted by Crippen LogP contribution is -2.05. The first-order valence-electron chi connectivity index (χ1n) is 6.41. The molecule has 0 spiro atoms. The van der Waals surface area contributed by atoms with Gasteiger partial charge in [-0.1, -0.05) is 6.92 Å². The molecule has 2 rings (SSSR count). The van der Waals surface area contributed by atoms with Crippen molar-refractivity contribution in [1.82, 2.24) is 9.97 Å². The van der Waals surface area contributed by atoms with Crippen LogP contribution >= 0.6 is 0 Å². The van der Waals surface area contributed by atoms with Crippen molar-refractivity contribution < 1.29 is 4.39 Å². The minimum atomic E-state index is -0.261. The number of hydrogen-bond acceptors (Lipinski definition) is 3. The van der Waals surface area contributed by atoms with Crippen LogP contribution in [0.5, 0.6) is 0 Å². The molecule has 0 aliphatic heterocycles. The Hall–Kier alpha value is -1.97. The molecule has 2 aromatic rings. The molecular formula is C15H18FN3. The van der Waals surface area contributed by atoms with Crippen molar-refractivity contribution in [3.63, 3.8) is 0 Å². The SMILES string of the molecule is CCCc1nc(N)c(C)c(-c2cc(C)cc(F)c2)n1. The minimum absolute atomic E-state index is 0.261. The third-order valence-electron chi connectivity index (χ3n) is 3.02. The lowest BCUT2D eigenvalue weighted by molar-refractivity contribution is 0.627. The second-order valence-corrected chi connectivity index (χ2v) is 4.77. The quantitative estimate of drug-likeness (QED) is 0.918. The van der Waals surface area contributed by atoms with E-state index in [9.17, 15) is 4.39 Å². The molecule has 0 atom stereocenters. The van der Waals surface area contributed by atoms with Crippen molar-refractivity contribution in [2.24, 2.45) is 0 Å². The number of aromatic nitrogens is 2. The van der Waals surface area contributed by atoms with Crippen LogP contribution in [0.4, 0.5) is 10.2 Å². The molecule has 1 aromatic heterocycles. The number of rotatable bonds is 3. The molecule has 2 N–H and O–H groups in total. The zero-order valence-electron chi connectivity index (χ0n) is 11.5.